The SMILES string of the molecule is N#Cc1ccc(NC(=O)N2CCN(c3nc(Cc4ccc(Cl)cc4)ns3)CC2)cc1. The summed E-state index contributed by atoms with van der Waals surface area (Å²) in [7, 11) is 0. The molecule has 1 aliphatic rings. The fourth-order valence-electron chi connectivity index (χ4n) is 3.16. The van der Waals surface area contributed by atoms with Crippen LogP contribution in [0.5, 0.6) is 0 Å². The molecule has 0 saturated carbocycles. The second-order valence-corrected chi connectivity index (χ2v) is 8.06. The summed E-state index contributed by atoms with van der Waals surface area (Å²) in [5.74, 6) is 0.790. The van der Waals surface area contributed by atoms with Crippen molar-refractivity contribution in [1.82, 2.24) is 14.3 Å². The Hall–Kier alpha value is -3.15. The predicted molar refractivity (Wildman–Crippen MR) is 118 cm³/mol. The highest BCUT2D eigenvalue weighted by Crippen LogP contribution is 2.21. The number of nitrogens with zero attached hydrogens (tertiary/aromatic N) is 5. The number of nitriles is 1. The Morgan fingerprint density at radius 1 is 1.10 bits per heavy atom. The molecule has 152 valence electrons. The molecule has 2 amide bonds. The predicted octanol–water partition coefficient (Wildman–Crippen LogP) is 4.01. The number of piperazine rings is 1. The number of benzene rings is 2. The zero-order valence-electron chi connectivity index (χ0n) is 16.1. The first-order valence-corrected chi connectivity index (χ1v) is 10.6. The van der Waals surface area contributed by atoms with Crippen molar-refractivity contribution in [3.8, 4) is 6.07 Å². The van der Waals surface area contributed by atoms with Gasteiger partial charge in [-0.15, -0.1) is 0 Å². The Kier molecular flexibility index (Phi) is 6.12. The van der Waals surface area contributed by atoms with Gasteiger partial charge in [0.1, 0.15) is 5.82 Å². The first-order valence-electron chi connectivity index (χ1n) is 9.49. The minimum absolute atomic E-state index is 0.139. The normalized spacial score (nSPS) is 13.7. The van der Waals surface area contributed by atoms with Gasteiger partial charge in [-0.3, -0.25) is 0 Å². The second kappa shape index (κ2) is 9.11. The average molecular weight is 439 g/mol. The van der Waals surface area contributed by atoms with Gasteiger partial charge < -0.3 is 15.1 Å². The molecule has 1 N–H and O–H groups in total. The Bertz CT molecular complexity index is 1050. The molecule has 1 aliphatic heterocycles. The number of rotatable bonds is 4. The van der Waals surface area contributed by atoms with Crippen molar-refractivity contribution in [2.24, 2.45) is 0 Å². The van der Waals surface area contributed by atoms with Crippen LogP contribution in [0, 0.1) is 11.3 Å². The summed E-state index contributed by atoms with van der Waals surface area (Å²) < 4.78 is 4.47. The van der Waals surface area contributed by atoms with Crippen molar-refractivity contribution >= 4 is 40.0 Å². The van der Waals surface area contributed by atoms with Gasteiger partial charge in [0.15, 0.2) is 0 Å². The molecule has 0 spiro atoms. The summed E-state index contributed by atoms with van der Waals surface area (Å²) in [4.78, 5) is 21.1. The van der Waals surface area contributed by atoms with E-state index in [-0.39, 0.29) is 6.03 Å². The average Bonchev–Trinajstić information content (AvgIpc) is 3.24. The van der Waals surface area contributed by atoms with E-state index in [9.17, 15) is 4.79 Å². The molecule has 0 atom stereocenters. The lowest BCUT2D eigenvalue weighted by atomic mass is 10.1. The van der Waals surface area contributed by atoms with Crippen molar-refractivity contribution < 1.29 is 4.79 Å². The Balaban J connectivity index is 1.29. The van der Waals surface area contributed by atoms with E-state index in [1.807, 2.05) is 24.3 Å². The van der Waals surface area contributed by atoms with Gasteiger partial charge in [-0.1, -0.05) is 23.7 Å². The number of hydrogen-bond acceptors (Lipinski definition) is 6. The molecule has 1 fully saturated rings. The fraction of sp³-hybridized carbons (Fsp3) is 0.238. The van der Waals surface area contributed by atoms with Crippen LogP contribution in [0.25, 0.3) is 0 Å². The van der Waals surface area contributed by atoms with Crippen LogP contribution in [0.3, 0.4) is 0 Å². The van der Waals surface area contributed by atoms with Crippen LogP contribution in [0.2, 0.25) is 5.02 Å². The molecule has 2 heterocycles. The maximum absolute atomic E-state index is 12.5. The number of aromatic nitrogens is 2. The van der Waals surface area contributed by atoms with E-state index in [4.69, 9.17) is 16.9 Å². The maximum atomic E-state index is 12.5. The largest absolute Gasteiger partial charge is 0.343 e. The number of carbonyl (C=O) groups is 1. The van der Waals surface area contributed by atoms with Crippen LogP contribution in [-0.4, -0.2) is 46.5 Å². The highest BCUT2D eigenvalue weighted by molar-refractivity contribution is 7.09. The zero-order chi connectivity index (χ0) is 20.9. The number of urea groups is 1. The molecular weight excluding hydrogens is 420 g/mol. The van der Waals surface area contributed by atoms with Crippen LogP contribution in [0.15, 0.2) is 48.5 Å². The minimum atomic E-state index is -0.139. The Morgan fingerprint density at radius 2 is 1.80 bits per heavy atom. The quantitative estimate of drug-likeness (QED) is 0.665. The highest BCUT2D eigenvalue weighted by atomic mass is 35.5. The van der Waals surface area contributed by atoms with Crippen molar-refractivity contribution in [3.05, 3.63) is 70.5 Å². The molecule has 30 heavy (non-hydrogen) atoms. The number of hydrogen-bond donors (Lipinski definition) is 1. The highest BCUT2D eigenvalue weighted by Gasteiger charge is 2.23. The minimum Gasteiger partial charge on any atom is -0.343 e. The van der Waals surface area contributed by atoms with Gasteiger partial charge in [0, 0.05) is 54.8 Å². The molecule has 3 aromatic rings. The summed E-state index contributed by atoms with van der Waals surface area (Å²) >= 11 is 7.32. The van der Waals surface area contributed by atoms with E-state index in [2.05, 4.69) is 25.6 Å². The van der Waals surface area contributed by atoms with Gasteiger partial charge in [0.05, 0.1) is 11.6 Å². The number of halogens is 1. The number of amides is 2. The standard InChI is InChI=1S/C21H19ClN6OS/c22-17-5-1-15(2-6-17)13-19-25-21(30-26-19)28-11-9-27(10-12-28)20(29)24-18-7-3-16(14-23)4-8-18/h1-8H,9-13H2,(H,24,29). The molecule has 4 rings (SSSR count). The van der Waals surface area contributed by atoms with Gasteiger partial charge in [0.2, 0.25) is 5.13 Å². The number of carbonyl (C=O) groups excluding carboxylic acids is 1. The zero-order valence-corrected chi connectivity index (χ0v) is 17.7. The lowest BCUT2D eigenvalue weighted by Crippen LogP contribution is -2.50. The lowest BCUT2D eigenvalue weighted by Gasteiger charge is -2.34. The Labute approximate surface area is 183 Å². The van der Waals surface area contributed by atoms with Crippen LogP contribution in [0.1, 0.15) is 17.0 Å². The molecule has 2 aromatic carbocycles. The fourth-order valence-corrected chi connectivity index (χ4v) is 4.02. The molecular formula is C21H19ClN6OS. The monoisotopic (exact) mass is 438 g/mol. The molecule has 0 bridgehead atoms. The Morgan fingerprint density at radius 3 is 2.47 bits per heavy atom. The maximum Gasteiger partial charge on any atom is 0.321 e. The number of nitrogens with one attached hydrogen (secondary N) is 1. The van der Waals surface area contributed by atoms with E-state index in [0.29, 0.717) is 48.9 Å². The van der Waals surface area contributed by atoms with Crippen molar-refractivity contribution in [2.75, 3.05) is 36.4 Å². The third-order valence-electron chi connectivity index (χ3n) is 4.84. The van der Waals surface area contributed by atoms with Crippen LogP contribution < -0.4 is 10.2 Å². The topological polar surface area (TPSA) is 85.2 Å². The molecule has 1 aromatic heterocycles. The third-order valence-corrected chi connectivity index (χ3v) is 5.90. The summed E-state index contributed by atoms with van der Waals surface area (Å²) in [5.41, 5.74) is 2.36. The van der Waals surface area contributed by atoms with Gasteiger partial charge in [-0.05, 0) is 42.0 Å². The van der Waals surface area contributed by atoms with E-state index < -0.39 is 0 Å². The van der Waals surface area contributed by atoms with Crippen LogP contribution in [0.4, 0.5) is 15.6 Å². The summed E-state index contributed by atoms with van der Waals surface area (Å²) in [6, 6.07) is 16.5. The van der Waals surface area contributed by atoms with Crippen molar-refractivity contribution in [3.63, 3.8) is 0 Å². The summed E-state index contributed by atoms with van der Waals surface area (Å²) in [6.45, 7) is 2.62. The molecule has 7 nitrogen and oxygen atoms in total. The first kappa shape index (κ1) is 20.1. The number of anilines is 2. The first-order chi connectivity index (χ1) is 14.6. The second-order valence-electron chi connectivity index (χ2n) is 6.89. The van der Waals surface area contributed by atoms with Gasteiger partial charge in [-0.2, -0.15) is 9.64 Å². The smallest absolute Gasteiger partial charge is 0.321 e. The molecule has 0 radical (unpaired) electrons. The van der Waals surface area contributed by atoms with E-state index in [1.165, 1.54) is 11.5 Å². The van der Waals surface area contributed by atoms with E-state index in [1.54, 1.807) is 29.2 Å². The summed E-state index contributed by atoms with van der Waals surface area (Å²) in [5, 5.41) is 13.3. The molecule has 0 unspecified atom stereocenters. The van der Waals surface area contributed by atoms with E-state index in [0.717, 1.165) is 16.5 Å². The van der Waals surface area contributed by atoms with E-state index >= 15 is 0 Å². The van der Waals surface area contributed by atoms with Crippen molar-refractivity contribution in [1.29, 1.82) is 5.26 Å². The van der Waals surface area contributed by atoms with Crippen LogP contribution >= 0.6 is 23.1 Å². The van der Waals surface area contributed by atoms with Gasteiger partial charge in [0.25, 0.3) is 0 Å². The van der Waals surface area contributed by atoms with Crippen molar-refractivity contribution in [2.45, 2.75) is 6.42 Å². The molecule has 9 heteroatoms. The van der Waals surface area contributed by atoms with Gasteiger partial charge >= 0.3 is 6.03 Å². The molecule has 1 saturated heterocycles. The third kappa shape index (κ3) is 4.87. The van der Waals surface area contributed by atoms with Crippen LogP contribution in [-0.2, 0) is 6.42 Å². The summed E-state index contributed by atoms with van der Waals surface area (Å²) in [6.07, 6.45) is 0.667. The lowest BCUT2D eigenvalue weighted by molar-refractivity contribution is 0.208. The van der Waals surface area contributed by atoms with Gasteiger partial charge in [-0.25, -0.2) is 9.78 Å². The molecule has 0 aliphatic carbocycles.